The summed E-state index contributed by atoms with van der Waals surface area (Å²) in [5.41, 5.74) is -1.34. The molecule has 0 atom stereocenters. The van der Waals surface area contributed by atoms with Gasteiger partial charge in [0.25, 0.3) is 5.91 Å². The van der Waals surface area contributed by atoms with Crippen molar-refractivity contribution in [2.24, 2.45) is 0 Å². The summed E-state index contributed by atoms with van der Waals surface area (Å²) in [7, 11) is 0. The third-order valence-electron chi connectivity index (χ3n) is 2.93. The molecule has 2 rings (SSSR count). The van der Waals surface area contributed by atoms with Gasteiger partial charge in [0, 0.05) is 17.3 Å². The molecule has 0 fully saturated rings. The standard InChI is InChI=1S/C15H10F5NO/c1-8-2-3-12(7-13(8)15(18,19)20)21-14(22)9-4-10(16)6-11(17)5-9/h2-7H,1H3,(H,21,22). The molecule has 2 aromatic carbocycles. The van der Waals surface area contributed by atoms with E-state index in [9.17, 15) is 26.7 Å². The van der Waals surface area contributed by atoms with E-state index in [1.165, 1.54) is 19.1 Å². The first-order valence-corrected chi connectivity index (χ1v) is 6.12. The predicted octanol–water partition coefficient (Wildman–Crippen LogP) is 4.54. The van der Waals surface area contributed by atoms with E-state index in [1.807, 2.05) is 0 Å². The average Bonchev–Trinajstić information content (AvgIpc) is 2.38. The van der Waals surface area contributed by atoms with Gasteiger partial charge < -0.3 is 5.32 Å². The van der Waals surface area contributed by atoms with Crippen LogP contribution in [0.25, 0.3) is 0 Å². The lowest BCUT2D eigenvalue weighted by atomic mass is 10.1. The zero-order chi connectivity index (χ0) is 16.5. The van der Waals surface area contributed by atoms with Crippen LogP contribution in [0.2, 0.25) is 0 Å². The quantitative estimate of drug-likeness (QED) is 0.810. The summed E-state index contributed by atoms with van der Waals surface area (Å²) in [5.74, 6) is -2.81. The van der Waals surface area contributed by atoms with E-state index in [0.717, 1.165) is 18.2 Å². The number of halogens is 5. The second kappa shape index (κ2) is 5.75. The summed E-state index contributed by atoms with van der Waals surface area (Å²) >= 11 is 0. The fourth-order valence-corrected chi connectivity index (χ4v) is 1.89. The van der Waals surface area contributed by atoms with Gasteiger partial charge in [0.15, 0.2) is 0 Å². The zero-order valence-electron chi connectivity index (χ0n) is 11.3. The molecule has 0 aliphatic heterocycles. The van der Waals surface area contributed by atoms with Crippen LogP contribution >= 0.6 is 0 Å². The number of rotatable bonds is 2. The lowest BCUT2D eigenvalue weighted by Gasteiger charge is -2.13. The molecular formula is C15H10F5NO. The molecule has 22 heavy (non-hydrogen) atoms. The number of hydrogen-bond donors (Lipinski definition) is 1. The highest BCUT2D eigenvalue weighted by atomic mass is 19.4. The Morgan fingerprint density at radius 3 is 2.14 bits per heavy atom. The number of hydrogen-bond acceptors (Lipinski definition) is 1. The van der Waals surface area contributed by atoms with Gasteiger partial charge in [-0.25, -0.2) is 8.78 Å². The number of nitrogens with one attached hydrogen (secondary N) is 1. The molecule has 0 unspecified atom stereocenters. The first-order chi connectivity index (χ1) is 10.2. The molecule has 0 aliphatic rings. The van der Waals surface area contributed by atoms with E-state index in [-0.39, 0.29) is 16.8 Å². The molecule has 1 amide bonds. The lowest BCUT2D eigenvalue weighted by Crippen LogP contribution is -2.14. The van der Waals surface area contributed by atoms with E-state index < -0.39 is 29.3 Å². The normalized spacial score (nSPS) is 11.4. The molecule has 0 aromatic heterocycles. The number of benzene rings is 2. The van der Waals surface area contributed by atoms with Crippen LogP contribution in [0.15, 0.2) is 36.4 Å². The van der Waals surface area contributed by atoms with Crippen LogP contribution in [0.3, 0.4) is 0 Å². The Morgan fingerprint density at radius 1 is 1.00 bits per heavy atom. The minimum atomic E-state index is -4.56. The van der Waals surface area contributed by atoms with E-state index >= 15 is 0 Å². The molecule has 7 heteroatoms. The van der Waals surface area contributed by atoms with Gasteiger partial charge in [-0.15, -0.1) is 0 Å². The van der Waals surface area contributed by atoms with Crippen LogP contribution in [0.4, 0.5) is 27.6 Å². The molecule has 0 spiro atoms. The van der Waals surface area contributed by atoms with Crippen molar-refractivity contribution in [3.05, 3.63) is 64.7 Å². The molecule has 0 heterocycles. The van der Waals surface area contributed by atoms with Gasteiger partial charge in [-0.3, -0.25) is 4.79 Å². The summed E-state index contributed by atoms with van der Waals surface area (Å²) in [6, 6.07) is 5.41. The molecule has 2 nitrogen and oxygen atoms in total. The van der Waals surface area contributed by atoms with Gasteiger partial charge in [0.2, 0.25) is 0 Å². The van der Waals surface area contributed by atoms with E-state index in [1.54, 1.807) is 0 Å². The summed E-state index contributed by atoms with van der Waals surface area (Å²) < 4.78 is 64.4. The van der Waals surface area contributed by atoms with Crippen molar-refractivity contribution in [3.63, 3.8) is 0 Å². The molecule has 0 aliphatic carbocycles. The van der Waals surface area contributed by atoms with Crippen LogP contribution in [-0.4, -0.2) is 5.91 Å². The Labute approximate surface area is 122 Å². The van der Waals surface area contributed by atoms with E-state index in [4.69, 9.17) is 0 Å². The maximum absolute atomic E-state index is 13.0. The number of amides is 1. The number of alkyl halides is 3. The molecule has 0 saturated heterocycles. The summed E-state index contributed by atoms with van der Waals surface area (Å²) in [5, 5.41) is 2.18. The van der Waals surface area contributed by atoms with Crippen LogP contribution in [0.1, 0.15) is 21.5 Å². The van der Waals surface area contributed by atoms with Crippen LogP contribution in [0.5, 0.6) is 0 Å². The van der Waals surface area contributed by atoms with E-state index in [2.05, 4.69) is 5.32 Å². The first kappa shape index (κ1) is 15.9. The highest BCUT2D eigenvalue weighted by Crippen LogP contribution is 2.33. The Hall–Kier alpha value is -2.44. The number of carbonyl (C=O) groups excluding carboxylic acids is 1. The van der Waals surface area contributed by atoms with Gasteiger partial charge in [0.05, 0.1) is 5.56 Å². The van der Waals surface area contributed by atoms with Gasteiger partial charge in [-0.1, -0.05) is 6.07 Å². The minimum Gasteiger partial charge on any atom is -0.322 e. The second-order valence-corrected chi connectivity index (χ2v) is 4.64. The van der Waals surface area contributed by atoms with Gasteiger partial charge in [0.1, 0.15) is 11.6 Å². The Balaban J connectivity index is 2.29. The maximum atomic E-state index is 13.0. The van der Waals surface area contributed by atoms with Crippen molar-refractivity contribution in [2.75, 3.05) is 5.32 Å². The summed E-state index contributed by atoms with van der Waals surface area (Å²) in [6.45, 7) is 1.29. The SMILES string of the molecule is Cc1ccc(NC(=O)c2cc(F)cc(F)c2)cc1C(F)(F)F. The van der Waals surface area contributed by atoms with Gasteiger partial charge in [-0.05, 0) is 36.8 Å². The lowest BCUT2D eigenvalue weighted by molar-refractivity contribution is -0.138. The van der Waals surface area contributed by atoms with Crippen LogP contribution < -0.4 is 5.32 Å². The smallest absolute Gasteiger partial charge is 0.322 e. The molecule has 0 bridgehead atoms. The Bertz CT molecular complexity index is 704. The van der Waals surface area contributed by atoms with Crippen molar-refractivity contribution in [2.45, 2.75) is 13.1 Å². The third-order valence-corrected chi connectivity index (χ3v) is 2.93. The Morgan fingerprint density at radius 2 is 1.59 bits per heavy atom. The molecule has 0 radical (unpaired) electrons. The van der Waals surface area contributed by atoms with E-state index in [0.29, 0.717) is 6.07 Å². The van der Waals surface area contributed by atoms with Gasteiger partial charge in [-0.2, -0.15) is 13.2 Å². The monoisotopic (exact) mass is 315 g/mol. The van der Waals surface area contributed by atoms with Gasteiger partial charge >= 0.3 is 6.18 Å². The number of anilines is 1. The molecule has 0 saturated carbocycles. The zero-order valence-corrected chi connectivity index (χ0v) is 11.3. The second-order valence-electron chi connectivity index (χ2n) is 4.64. The molecule has 116 valence electrons. The third kappa shape index (κ3) is 3.60. The molecule has 1 N–H and O–H groups in total. The van der Waals surface area contributed by atoms with Crippen molar-refractivity contribution in [1.29, 1.82) is 0 Å². The maximum Gasteiger partial charge on any atom is 0.416 e. The Kier molecular flexibility index (Phi) is 4.16. The summed E-state index contributed by atoms with van der Waals surface area (Å²) in [6.07, 6.45) is -4.56. The number of aryl methyl sites for hydroxylation is 1. The fourth-order valence-electron chi connectivity index (χ4n) is 1.89. The minimum absolute atomic E-state index is 0.00213. The highest BCUT2D eigenvalue weighted by Gasteiger charge is 2.32. The predicted molar refractivity (Wildman–Crippen MR) is 70.5 cm³/mol. The van der Waals surface area contributed by atoms with Crippen LogP contribution in [-0.2, 0) is 6.18 Å². The van der Waals surface area contributed by atoms with Crippen molar-refractivity contribution in [1.82, 2.24) is 0 Å². The fraction of sp³-hybridized carbons (Fsp3) is 0.133. The van der Waals surface area contributed by atoms with Crippen molar-refractivity contribution in [3.8, 4) is 0 Å². The summed E-state index contributed by atoms with van der Waals surface area (Å²) in [4.78, 5) is 11.8. The topological polar surface area (TPSA) is 29.1 Å². The van der Waals surface area contributed by atoms with Crippen LogP contribution in [0, 0.1) is 18.6 Å². The first-order valence-electron chi connectivity index (χ1n) is 6.12. The van der Waals surface area contributed by atoms with Crippen molar-refractivity contribution >= 4 is 11.6 Å². The molecular weight excluding hydrogens is 305 g/mol. The highest BCUT2D eigenvalue weighted by molar-refractivity contribution is 6.04. The average molecular weight is 315 g/mol. The largest absolute Gasteiger partial charge is 0.416 e. The number of carbonyl (C=O) groups is 1. The van der Waals surface area contributed by atoms with Crippen molar-refractivity contribution < 1.29 is 26.7 Å². The molecule has 2 aromatic rings.